The van der Waals surface area contributed by atoms with E-state index < -0.39 is 5.82 Å². The van der Waals surface area contributed by atoms with Gasteiger partial charge in [-0.3, -0.25) is 5.32 Å². The van der Waals surface area contributed by atoms with E-state index in [9.17, 15) is 4.39 Å². The third kappa shape index (κ3) is 3.33. The molecular formula is C14H16ClFN2O. The predicted molar refractivity (Wildman–Crippen MR) is 72.6 cm³/mol. The molecule has 102 valence electrons. The summed E-state index contributed by atoms with van der Waals surface area (Å²) in [7, 11) is 0. The van der Waals surface area contributed by atoms with Gasteiger partial charge in [-0.2, -0.15) is 0 Å². The molecule has 0 radical (unpaired) electrons. The second-order valence-corrected chi connectivity index (χ2v) is 5.00. The van der Waals surface area contributed by atoms with Crippen LogP contribution in [0.4, 0.5) is 4.39 Å². The molecule has 1 heterocycles. The zero-order valence-electron chi connectivity index (χ0n) is 11.1. The van der Waals surface area contributed by atoms with Gasteiger partial charge < -0.3 is 4.42 Å². The van der Waals surface area contributed by atoms with Gasteiger partial charge in [-0.25, -0.2) is 9.37 Å². The molecule has 1 aromatic heterocycles. The highest BCUT2D eigenvalue weighted by atomic mass is 35.5. The lowest BCUT2D eigenvalue weighted by molar-refractivity contribution is 0.380. The van der Waals surface area contributed by atoms with Crippen molar-refractivity contribution in [1.82, 2.24) is 10.3 Å². The van der Waals surface area contributed by atoms with Crippen LogP contribution in [0, 0.1) is 12.7 Å². The number of oxazole rings is 1. The zero-order valence-corrected chi connectivity index (χ0v) is 11.8. The molecule has 1 N–H and O–H groups in total. The maximum absolute atomic E-state index is 13.1. The van der Waals surface area contributed by atoms with Crippen molar-refractivity contribution in [3.05, 3.63) is 52.5 Å². The standard InChI is InChI=1S/C14H16ClFN2O/c1-8-7-17-14(19-8)10(3)18-9(2)11-4-5-13(16)12(15)6-11/h4-7,9-10,18H,1-3H3. The molecule has 2 aromatic rings. The van der Waals surface area contributed by atoms with Crippen LogP contribution in [-0.4, -0.2) is 4.98 Å². The topological polar surface area (TPSA) is 38.1 Å². The van der Waals surface area contributed by atoms with E-state index in [0.717, 1.165) is 11.3 Å². The average Bonchev–Trinajstić information content (AvgIpc) is 2.79. The average molecular weight is 283 g/mol. The highest BCUT2D eigenvalue weighted by Crippen LogP contribution is 2.23. The molecule has 0 bridgehead atoms. The van der Waals surface area contributed by atoms with Gasteiger partial charge in [0.1, 0.15) is 11.6 Å². The highest BCUT2D eigenvalue weighted by Gasteiger charge is 2.15. The van der Waals surface area contributed by atoms with Crippen LogP contribution in [0.3, 0.4) is 0 Å². The van der Waals surface area contributed by atoms with Crippen molar-refractivity contribution < 1.29 is 8.81 Å². The number of hydrogen-bond acceptors (Lipinski definition) is 3. The van der Waals surface area contributed by atoms with E-state index in [2.05, 4.69) is 10.3 Å². The minimum Gasteiger partial charge on any atom is -0.444 e. The monoisotopic (exact) mass is 282 g/mol. The molecule has 1 aromatic carbocycles. The number of nitrogens with one attached hydrogen (secondary N) is 1. The Labute approximate surface area is 116 Å². The van der Waals surface area contributed by atoms with Gasteiger partial charge in [0, 0.05) is 6.04 Å². The Morgan fingerprint density at radius 2 is 2.05 bits per heavy atom. The summed E-state index contributed by atoms with van der Waals surface area (Å²) in [6.07, 6.45) is 1.69. The van der Waals surface area contributed by atoms with Gasteiger partial charge in [-0.15, -0.1) is 0 Å². The van der Waals surface area contributed by atoms with Gasteiger partial charge >= 0.3 is 0 Å². The lowest BCUT2D eigenvalue weighted by atomic mass is 10.1. The molecule has 0 aliphatic heterocycles. The minimum absolute atomic E-state index is 0.0142. The molecule has 3 nitrogen and oxygen atoms in total. The predicted octanol–water partition coefficient (Wildman–Crippen LogP) is 4.19. The van der Waals surface area contributed by atoms with Gasteiger partial charge in [0.2, 0.25) is 5.89 Å². The molecule has 19 heavy (non-hydrogen) atoms. The molecule has 0 fully saturated rings. The lowest BCUT2D eigenvalue weighted by Gasteiger charge is -2.18. The third-order valence-corrected chi connectivity index (χ3v) is 3.24. The fraction of sp³-hybridized carbons (Fsp3) is 0.357. The van der Waals surface area contributed by atoms with Gasteiger partial charge in [-0.1, -0.05) is 17.7 Å². The molecule has 0 spiro atoms. The van der Waals surface area contributed by atoms with Gasteiger partial charge in [0.15, 0.2) is 0 Å². The smallest absolute Gasteiger partial charge is 0.211 e. The van der Waals surface area contributed by atoms with Crippen LogP contribution < -0.4 is 5.32 Å². The first-order valence-electron chi connectivity index (χ1n) is 6.10. The molecule has 2 unspecified atom stereocenters. The van der Waals surface area contributed by atoms with Crippen LogP contribution in [0.25, 0.3) is 0 Å². The summed E-state index contributed by atoms with van der Waals surface area (Å²) >= 11 is 5.78. The fourth-order valence-corrected chi connectivity index (χ4v) is 2.09. The Balaban J connectivity index is 2.07. The van der Waals surface area contributed by atoms with Crippen LogP contribution >= 0.6 is 11.6 Å². The van der Waals surface area contributed by atoms with Crippen LogP contribution in [0.2, 0.25) is 5.02 Å². The Hall–Kier alpha value is -1.39. The van der Waals surface area contributed by atoms with Crippen molar-refractivity contribution in [1.29, 1.82) is 0 Å². The maximum atomic E-state index is 13.1. The van der Waals surface area contributed by atoms with Crippen molar-refractivity contribution in [2.45, 2.75) is 32.9 Å². The first-order valence-corrected chi connectivity index (χ1v) is 6.48. The second kappa shape index (κ2) is 5.72. The van der Waals surface area contributed by atoms with Crippen LogP contribution in [-0.2, 0) is 0 Å². The summed E-state index contributed by atoms with van der Waals surface area (Å²) in [5.74, 6) is 1.01. The molecule has 0 saturated carbocycles. The van der Waals surface area contributed by atoms with E-state index in [4.69, 9.17) is 16.0 Å². The first-order chi connectivity index (χ1) is 8.97. The van der Waals surface area contributed by atoms with Gasteiger partial charge in [-0.05, 0) is 38.5 Å². The SMILES string of the molecule is Cc1cnc(C(C)NC(C)c2ccc(F)c(Cl)c2)o1. The maximum Gasteiger partial charge on any atom is 0.211 e. The quantitative estimate of drug-likeness (QED) is 0.914. The van der Waals surface area contributed by atoms with Gasteiger partial charge in [0.05, 0.1) is 17.3 Å². The van der Waals surface area contributed by atoms with E-state index in [0.29, 0.717) is 5.89 Å². The zero-order chi connectivity index (χ0) is 14.0. The molecule has 2 rings (SSSR count). The molecule has 5 heteroatoms. The molecule has 0 aliphatic carbocycles. The first kappa shape index (κ1) is 14.0. The summed E-state index contributed by atoms with van der Waals surface area (Å²) in [6.45, 7) is 5.80. The Morgan fingerprint density at radius 1 is 1.32 bits per heavy atom. The molecule has 0 amide bonds. The van der Waals surface area contributed by atoms with Crippen molar-refractivity contribution in [2.24, 2.45) is 0 Å². The van der Waals surface area contributed by atoms with E-state index in [1.807, 2.05) is 20.8 Å². The molecule has 0 saturated heterocycles. The third-order valence-electron chi connectivity index (χ3n) is 2.95. The molecular weight excluding hydrogens is 267 g/mol. The summed E-state index contributed by atoms with van der Waals surface area (Å²) in [4.78, 5) is 4.18. The van der Waals surface area contributed by atoms with E-state index in [1.165, 1.54) is 6.07 Å². The Morgan fingerprint density at radius 3 is 2.63 bits per heavy atom. The Kier molecular flexibility index (Phi) is 4.22. The summed E-state index contributed by atoms with van der Waals surface area (Å²) in [5, 5.41) is 3.47. The van der Waals surface area contributed by atoms with Crippen LogP contribution in [0.5, 0.6) is 0 Å². The largest absolute Gasteiger partial charge is 0.444 e. The van der Waals surface area contributed by atoms with Crippen molar-refractivity contribution in [3.8, 4) is 0 Å². The van der Waals surface area contributed by atoms with Gasteiger partial charge in [0.25, 0.3) is 0 Å². The normalized spacial score (nSPS) is 14.4. The number of halogens is 2. The fourth-order valence-electron chi connectivity index (χ4n) is 1.90. The lowest BCUT2D eigenvalue weighted by Crippen LogP contribution is -2.22. The second-order valence-electron chi connectivity index (χ2n) is 4.59. The van der Waals surface area contributed by atoms with E-state index >= 15 is 0 Å². The molecule has 2 atom stereocenters. The number of rotatable bonds is 4. The van der Waals surface area contributed by atoms with Crippen LogP contribution in [0.15, 0.2) is 28.8 Å². The molecule has 0 aliphatic rings. The summed E-state index contributed by atoms with van der Waals surface area (Å²) in [5.41, 5.74) is 0.918. The summed E-state index contributed by atoms with van der Waals surface area (Å²) in [6, 6.07) is 4.69. The summed E-state index contributed by atoms with van der Waals surface area (Å²) < 4.78 is 18.6. The number of benzene rings is 1. The van der Waals surface area contributed by atoms with Crippen LogP contribution in [0.1, 0.15) is 43.1 Å². The number of nitrogens with zero attached hydrogens (tertiary/aromatic N) is 1. The number of aromatic nitrogens is 1. The highest BCUT2D eigenvalue weighted by molar-refractivity contribution is 6.30. The van der Waals surface area contributed by atoms with E-state index in [-0.39, 0.29) is 17.1 Å². The Bertz CT molecular complexity index is 570. The van der Waals surface area contributed by atoms with E-state index in [1.54, 1.807) is 18.3 Å². The van der Waals surface area contributed by atoms with Crippen molar-refractivity contribution >= 4 is 11.6 Å². The number of aryl methyl sites for hydroxylation is 1. The minimum atomic E-state index is -0.408. The van der Waals surface area contributed by atoms with Crippen molar-refractivity contribution in [3.63, 3.8) is 0 Å². The van der Waals surface area contributed by atoms with Crippen molar-refractivity contribution in [2.75, 3.05) is 0 Å². The number of hydrogen-bond donors (Lipinski definition) is 1.